The Morgan fingerprint density at radius 3 is 2.58 bits per heavy atom. The van der Waals surface area contributed by atoms with E-state index in [1.165, 1.54) is 19.3 Å². The first-order valence-electron chi connectivity index (χ1n) is 8.88. The van der Waals surface area contributed by atoms with Gasteiger partial charge in [0.05, 0.1) is 11.3 Å². The van der Waals surface area contributed by atoms with Crippen molar-refractivity contribution in [3.63, 3.8) is 0 Å². The molecule has 0 aromatic carbocycles. The van der Waals surface area contributed by atoms with E-state index in [9.17, 15) is 4.79 Å². The highest BCUT2D eigenvalue weighted by atomic mass is 35.5. The maximum Gasteiger partial charge on any atom is 0.253 e. The molecule has 2 unspecified atom stereocenters. The first-order chi connectivity index (χ1) is 11.5. The second kappa shape index (κ2) is 8.11. The van der Waals surface area contributed by atoms with E-state index in [2.05, 4.69) is 15.4 Å². The van der Waals surface area contributed by atoms with Crippen LogP contribution in [0.4, 0.5) is 0 Å². The van der Waals surface area contributed by atoms with E-state index in [-0.39, 0.29) is 36.8 Å². The summed E-state index contributed by atoms with van der Waals surface area (Å²) in [6, 6.07) is 2.46. The first kappa shape index (κ1) is 20.9. The molecule has 2 bridgehead atoms. The number of nitrogens with two attached hydrogens (primary N) is 1. The molecular weight excluding hydrogens is 373 g/mol. The number of nitrogens with one attached hydrogen (secondary N) is 1. The highest BCUT2D eigenvalue weighted by molar-refractivity contribution is 5.97. The predicted octanol–water partition coefficient (Wildman–Crippen LogP) is 2.76. The Hall–Kier alpha value is -1.37. The lowest BCUT2D eigenvalue weighted by Gasteiger charge is -2.45. The van der Waals surface area contributed by atoms with Crippen molar-refractivity contribution in [3.05, 3.63) is 23.5 Å². The van der Waals surface area contributed by atoms with Crippen molar-refractivity contribution >= 4 is 41.8 Å². The lowest BCUT2D eigenvalue weighted by atomic mass is 9.67. The monoisotopic (exact) mass is 399 g/mol. The summed E-state index contributed by atoms with van der Waals surface area (Å²) < 4.78 is 1.75. The lowest BCUT2D eigenvalue weighted by molar-refractivity contribution is 0.0756. The third kappa shape index (κ3) is 3.68. The van der Waals surface area contributed by atoms with Crippen LogP contribution in [0.5, 0.6) is 0 Å². The zero-order valence-corrected chi connectivity index (χ0v) is 16.8. The van der Waals surface area contributed by atoms with E-state index >= 15 is 0 Å². The minimum absolute atomic E-state index is 0. The molecule has 3 N–H and O–H groups in total. The molecule has 2 aliphatic carbocycles. The fourth-order valence-electron chi connectivity index (χ4n) is 4.69. The number of halogens is 2. The summed E-state index contributed by atoms with van der Waals surface area (Å²) >= 11 is 0. The number of pyridine rings is 1. The zero-order chi connectivity index (χ0) is 16.8. The second-order valence-electron chi connectivity index (χ2n) is 7.49. The highest BCUT2D eigenvalue weighted by Gasteiger charge is 2.40. The van der Waals surface area contributed by atoms with Gasteiger partial charge in [-0.25, -0.2) is 4.98 Å². The topological polar surface area (TPSA) is 85.8 Å². The summed E-state index contributed by atoms with van der Waals surface area (Å²) in [6.45, 7) is 1.94. The summed E-state index contributed by atoms with van der Waals surface area (Å²) in [5.41, 5.74) is 8.50. The molecule has 0 spiro atoms. The van der Waals surface area contributed by atoms with Gasteiger partial charge in [-0.05, 0) is 50.5 Å². The van der Waals surface area contributed by atoms with E-state index in [1.807, 2.05) is 20.0 Å². The smallest absolute Gasteiger partial charge is 0.253 e. The number of aromatic nitrogens is 3. The minimum Gasteiger partial charge on any atom is -0.349 e. The summed E-state index contributed by atoms with van der Waals surface area (Å²) in [6.07, 6.45) is 7.32. The van der Waals surface area contributed by atoms with Crippen LogP contribution < -0.4 is 11.1 Å². The molecular formula is C18H27Cl2N5O. The molecule has 2 heterocycles. The van der Waals surface area contributed by atoms with Crippen LogP contribution >= 0.6 is 24.8 Å². The van der Waals surface area contributed by atoms with Crippen LogP contribution in [0.3, 0.4) is 0 Å². The number of nitrogens with zero attached hydrogens (tertiary/aromatic N) is 3. The summed E-state index contributed by atoms with van der Waals surface area (Å²) in [5, 5.41) is 8.60. The van der Waals surface area contributed by atoms with Gasteiger partial charge in [0.15, 0.2) is 5.65 Å². The third-order valence-corrected chi connectivity index (χ3v) is 5.80. The molecule has 0 aliphatic heterocycles. The summed E-state index contributed by atoms with van der Waals surface area (Å²) in [7, 11) is 1.87. The Morgan fingerprint density at radius 1 is 1.27 bits per heavy atom. The number of carbonyl (C=O) groups is 1. The van der Waals surface area contributed by atoms with Crippen molar-refractivity contribution in [3.8, 4) is 0 Å². The number of aryl methyl sites for hydroxylation is 2. The molecule has 2 aliphatic rings. The Kier molecular flexibility index (Phi) is 6.53. The maximum absolute atomic E-state index is 12.8. The Balaban J connectivity index is 0.00000121. The molecule has 8 heteroatoms. The van der Waals surface area contributed by atoms with Gasteiger partial charge in [0.25, 0.3) is 5.91 Å². The lowest BCUT2D eigenvalue weighted by Crippen LogP contribution is -2.53. The molecule has 1 amide bonds. The predicted molar refractivity (Wildman–Crippen MR) is 107 cm³/mol. The van der Waals surface area contributed by atoms with Gasteiger partial charge < -0.3 is 11.1 Å². The van der Waals surface area contributed by atoms with Gasteiger partial charge >= 0.3 is 0 Å². The van der Waals surface area contributed by atoms with Gasteiger partial charge in [0, 0.05) is 30.7 Å². The highest BCUT2D eigenvalue weighted by Crippen LogP contribution is 2.39. The SMILES string of the molecule is Cc1nn(C)c2ncc(C(=O)NC3C4CCCC3CC(N)C4)cc12.Cl.Cl. The molecule has 0 radical (unpaired) electrons. The van der Waals surface area contributed by atoms with Crippen LogP contribution in [0, 0.1) is 18.8 Å². The maximum atomic E-state index is 12.8. The Morgan fingerprint density at radius 2 is 1.92 bits per heavy atom. The van der Waals surface area contributed by atoms with Crippen LogP contribution in [0.1, 0.15) is 48.2 Å². The van der Waals surface area contributed by atoms with E-state index in [0.29, 0.717) is 23.4 Å². The van der Waals surface area contributed by atoms with Crippen molar-refractivity contribution in [2.24, 2.45) is 24.6 Å². The van der Waals surface area contributed by atoms with E-state index in [1.54, 1.807) is 10.9 Å². The second-order valence-corrected chi connectivity index (χ2v) is 7.49. The normalized spacial score (nSPS) is 27.3. The molecule has 0 saturated heterocycles. The van der Waals surface area contributed by atoms with Gasteiger partial charge in [-0.15, -0.1) is 24.8 Å². The minimum atomic E-state index is -0.0231. The van der Waals surface area contributed by atoms with E-state index in [4.69, 9.17) is 5.73 Å². The van der Waals surface area contributed by atoms with Crippen LogP contribution in [0.15, 0.2) is 12.3 Å². The van der Waals surface area contributed by atoms with Crippen molar-refractivity contribution < 1.29 is 4.79 Å². The van der Waals surface area contributed by atoms with Crippen molar-refractivity contribution in [1.82, 2.24) is 20.1 Å². The van der Waals surface area contributed by atoms with Gasteiger partial charge in [-0.3, -0.25) is 9.48 Å². The Labute approximate surface area is 166 Å². The van der Waals surface area contributed by atoms with Crippen LogP contribution in [-0.2, 0) is 7.05 Å². The number of hydrogen-bond acceptors (Lipinski definition) is 4. The van der Waals surface area contributed by atoms with Crippen molar-refractivity contribution in [1.29, 1.82) is 0 Å². The average molecular weight is 400 g/mol. The average Bonchev–Trinajstić information content (AvgIpc) is 2.82. The number of fused-ring (bicyclic) bond motifs is 3. The third-order valence-electron chi connectivity index (χ3n) is 5.80. The van der Waals surface area contributed by atoms with Crippen molar-refractivity contribution in [2.45, 2.75) is 51.1 Å². The molecule has 2 saturated carbocycles. The molecule has 2 aromatic heterocycles. The van der Waals surface area contributed by atoms with Gasteiger partial charge in [0.2, 0.25) is 0 Å². The van der Waals surface area contributed by atoms with Gasteiger partial charge in [-0.2, -0.15) is 5.10 Å². The molecule has 26 heavy (non-hydrogen) atoms. The number of carbonyl (C=O) groups excluding carboxylic acids is 1. The molecule has 144 valence electrons. The van der Waals surface area contributed by atoms with Crippen LogP contribution in [0.25, 0.3) is 11.0 Å². The summed E-state index contributed by atoms with van der Waals surface area (Å²) in [5.74, 6) is 1.02. The molecule has 2 atom stereocenters. The van der Waals surface area contributed by atoms with Crippen molar-refractivity contribution in [2.75, 3.05) is 0 Å². The number of amides is 1. The van der Waals surface area contributed by atoms with E-state index in [0.717, 1.165) is 29.6 Å². The Bertz CT molecular complexity index is 779. The van der Waals surface area contributed by atoms with Gasteiger partial charge in [-0.1, -0.05) is 6.42 Å². The first-order valence-corrected chi connectivity index (χ1v) is 8.88. The fraction of sp³-hybridized carbons (Fsp3) is 0.611. The molecule has 2 fully saturated rings. The van der Waals surface area contributed by atoms with Crippen LogP contribution in [0.2, 0.25) is 0 Å². The van der Waals surface area contributed by atoms with Crippen LogP contribution in [-0.4, -0.2) is 32.8 Å². The standard InChI is InChI=1S/C18H25N5O.2ClH/c1-10-15-8-13(9-20-17(15)23(2)22-10)18(24)21-16-11-4-3-5-12(16)7-14(19)6-11;;/h8-9,11-12,14,16H,3-7,19H2,1-2H3,(H,21,24);2*1H. The number of rotatable bonds is 2. The largest absolute Gasteiger partial charge is 0.349 e. The summed E-state index contributed by atoms with van der Waals surface area (Å²) in [4.78, 5) is 17.2. The molecule has 6 nitrogen and oxygen atoms in total. The zero-order valence-electron chi connectivity index (χ0n) is 15.1. The quantitative estimate of drug-likeness (QED) is 0.812. The fourth-order valence-corrected chi connectivity index (χ4v) is 4.69. The van der Waals surface area contributed by atoms with Gasteiger partial charge in [0.1, 0.15) is 0 Å². The number of hydrogen-bond donors (Lipinski definition) is 2. The molecule has 2 aromatic rings. The molecule has 4 rings (SSSR count). The van der Waals surface area contributed by atoms with E-state index < -0.39 is 0 Å².